The quantitative estimate of drug-likeness (QED) is 0.505. The number of nitrogens with zero attached hydrogens (tertiary/aromatic N) is 4. The highest BCUT2D eigenvalue weighted by atomic mass is 32.2. The van der Waals surface area contributed by atoms with Crippen molar-refractivity contribution in [2.75, 3.05) is 24.8 Å². The lowest BCUT2D eigenvalue weighted by Crippen LogP contribution is -2.13. The third-order valence-electron chi connectivity index (χ3n) is 4.30. The van der Waals surface area contributed by atoms with E-state index in [2.05, 4.69) is 20.7 Å². The van der Waals surface area contributed by atoms with Crippen molar-refractivity contribution in [2.45, 2.75) is 25.1 Å². The molecule has 2 aromatic carbocycles. The van der Waals surface area contributed by atoms with Gasteiger partial charge in [-0.05, 0) is 29.3 Å². The van der Waals surface area contributed by atoms with E-state index in [9.17, 15) is 9.00 Å². The third kappa shape index (κ3) is 6.85. The maximum absolute atomic E-state index is 12.3. The van der Waals surface area contributed by atoms with Gasteiger partial charge in [0, 0.05) is 47.1 Å². The Morgan fingerprint density at radius 1 is 1.17 bits per heavy atom. The van der Waals surface area contributed by atoms with Crippen LogP contribution in [0.15, 0.2) is 54.6 Å². The van der Waals surface area contributed by atoms with Crippen LogP contribution in [0.1, 0.15) is 18.4 Å². The van der Waals surface area contributed by atoms with E-state index in [1.165, 1.54) is 4.80 Å². The first-order valence-corrected chi connectivity index (χ1v) is 11.2. The molecule has 0 aliphatic heterocycles. The maximum Gasteiger partial charge on any atom is 0.224 e. The number of ether oxygens (including phenoxy) is 1. The average Bonchev–Trinajstić information content (AvgIpc) is 3.22. The van der Waals surface area contributed by atoms with Gasteiger partial charge in [0.25, 0.3) is 0 Å². The molecule has 0 saturated carbocycles. The molecule has 1 amide bonds. The Kier molecular flexibility index (Phi) is 8.22. The molecule has 0 spiro atoms. The number of carbonyl (C=O) groups excluding carboxylic acids is 1. The lowest BCUT2D eigenvalue weighted by Gasteiger charge is -2.08. The Morgan fingerprint density at radius 2 is 2.00 bits per heavy atom. The van der Waals surface area contributed by atoms with Crippen LogP contribution in [0.4, 0.5) is 5.69 Å². The SMILES string of the molecule is COCCS(=O)Cc1cccc(NC(=O)CCCn2nnc(-c3ccccc3)n2)c1. The molecule has 8 nitrogen and oxygen atoms in total. The molecule has 3 rings (SSSR count). The molecule has 0 saturated heterocycles. The summed E-state index contributed by atoms with van der Waals surface area (Å²) in [6, 6.07) is 17.1. The average molecular weight is 428 g/mol. The van der Waals surface area contributed by atoms with E-state index in [-0.39, 0.29) is 5.91 Å². The topological polar surface area (TPSA) is 99.0 Å². The van der Waals surface area contributed by atoms with E-state index in [1.807, 2.05) is 54.6 Å². The van der Waals surface area contributed by atoms with Crippen molar-refractivity contribution in [1.29, 1.82) is 0 Å². The fraction of sp³-hybridized carbons (Fsp3) is 0.333. The summed E-state index contributed by atoms with van der Waals surface area (Å²) in [7, 11) is 0.602. The lowest BCUT2D eigenvalue weighted by molar-refractivity contribution is -0.116. The number of aryl methyl sites for hydroxylation is 1. The number of nitrogens with one attached hydrogen (secondary N) is 1. The van der Waals surface area contributed by atoms with Crippen LogP contribution >= 0.6 is 0 Å². The summed E-state index contributed by atoms with van der Waals surface area (Å²) in [5.41, 5.74) is 2.53. The van der Waals surface area contributed by atoms with Crippen molar-refractivity contribution in [1.82, 2.24) is 20.2 Å². The number of methoxy groups -OCH3 is 1. The minimum Gasteiger partial charge on any atom is -0.384 e. The van der Waals surface area contributed by atoms with Crippen LogP contribution in [0.5, 0.6) is 0 Å². The zero-order valence-electron chi connectivity index (χ0n) is 16.9. The zero-order chi connectivity index (χ0) is 21.2. The summed E-state index contributed by atoms with van der Waals surface area (Å²) < 4.78 is 17.0. The third-order valence-corrected chi connectivity index (χ3v) is 5.58. The molecule has 0 bridgehead atoms. The summed E-state index contributed by atoms with van der Waals surface area (Å²) in [6.07, 6.45) is 0.934. The fourth-order valence-electron chi connectivity index (χ4n) is 2.82. The van der Waals surface area contributed by atoms with Crippen molar-refractivity contribution in [3.63, 3.8) is 0 Å². The second kappa shape index (κ2) is 11.3. The Morgan fingerprint density at radius 3 is 2.80 bits per heavy atom. The van der Waals surface area contributed by atoms with E-state index >= 15 is 0 Å². The monoisotopic (exact) mass is 427 g/mol. The molecule has 1 atom stereocenters. The number of benzene rings is 2. The Labute approximate surface area is 178 Å². The molecule has 1 aromatic heterocycles. The minimum atomic E-state index is -0.990. The van der Waals surface area contributed by atoms with Crippen LogP contribution in [-0.4, -0.2) is 49.8 Å². The van der Waals surface area contributed by atoms with E-state index in [4.69, 9.17) is 4.74 Å². The molecule has 9 heteroatoms. The molecule has 1 N–H and O–H groups in total. The number of anilines is 1. The van der Waals surface area contributed by atoms with E-state index in [0.717, 1.165) is 11.1 Å². The summed E-state index contributed by atoms with van der Waals surface area (Å²) in [5.74, 6) is 1.42. The molecule has 30 heavy (non-hydrogen) atoms. The molecule has 1 unspecified atom stereocenters. The van der Waals surface area contributed by atoms with Crippen LogP contribution in [0.3, 0.4) is 0 Å². The minimum absolute atomic E-state index is 0.0870. The van der Waals surface area contributed by atoms with Gasteiger partial charge in [0.15, 0.2) is 0 Å². The van der Waals surface area contributed by atoms with Gasteiger partial charge in [-0.2, -0.15) is 4.80 Å². The van der Waals surface area contributed by atoms with Crippen LogP contribution in [0.2, 0.25) is 0 Å². The van der Waals surface area contributed by atoms with Gasteiger partial charge in [-0.15, -0.1) is 10.2 Å². The Bertz CT molecular complexity index is 978. The molecule has 0 aliphatic rings. The highest BCUT2D eigenvalue weighted by Gasteiger charge is 2.08. The first kappa shape index (κ1) is 21.8. The summed E-state index contributed by atoms with van der Waals surface area (Å²) in [6.45, 7) is 0.974. The van der Waals surface area contributed by atoms with Crippen LogP contribution < -0.4 is 5.32 Å². The van der Waals surface area contributed by atoms with E-state index < -0.39 is 10.8 Å². The molecule has 3 aromatic rings. The van der Waals surface area contributed by atoms with Crippen LogP contribution in [-0.2, 0) is 32.6 Å². The second-order valence-corrected chi connectivity index (χ2v) is 8.28. The molecule has 0 radical (unpaired) electrons. The van der Waals surface area contributed by atoms with Gasteiger partial charge in [-0.25, -0.2) is 0 Å². The molecular weight excluding hydrogens is 402 g/mol. The van der Waals surface area contributed by atoms with Crippen molar-refractivity contribution >= 4 is 22.4 Å². The van der Waals surface area contributed by atoms with Gasteiger partial charge < -0.3 is 10.1 Å². The Balaban J connectivity index is 1.44. The number of aromatic nitrogens is 4. The molecule has 158 valence electrons. The summed E-state index contributed by atoms with van der Waals surface area (Å²) in [4.78, 5) is 13.8. The fourth-order valence-corrected chi connectivity index (χ4v) is 3.87. The largest absolute Gasteiger partial charge is 0.384 e. The predicted octanol–water partition coefficient (Wildman–Crippen LogP) is 2.65. The van der Waals surface area contributed by atoms with E-state index in [0.29, 0.717) is 49.0 Å². The number of tetrazole rings is 1. The summed E-state index contributed by atoms with van der Waals surface area (Å²) in [5, 5.41) is 15.3. The van der Waals surface area contributed by atoms with Gasteiger partial charge in [0.2, 0.25) is 11.7 Å². The van der Waals surface area contributed by atoms with Gasteiger partial charge >= 0.3 is 0 Å². The molecule has 0 fully saturated rings. The van der Waals surface area contributed by atoms with Crippen LogP contribution in [0.25, 0.3) is 11.4 Å². The molecule has 1 heterocycles. The van der Waals surface area contributed by atoms with Gasteiger partial charge in [-0.1, -0.05) is 42.5 Å². The molecule has 0 aliphatic carbocycles. The molecular formula is C21H25N5O3S. The van der Waals surface area contributed by atoms with Crippen molar-refractivity contribution in [2.24, 2.45) is 0 Å². The number of hydrogen-bond acceptors (Lipinski definition) is 6. The van der Waals surface area contributed by atoms with Gasteiger partial charge in [0.1, 0.15) is 0 Å². The number of amides is 1. The van der Waals surface area contributed by atoms with Crippen molar-refractivity contribution < 1.29 is 13.7 Å². The maximum atomic E-state index is 12.3. The first-order valence-electron chi connectivity index (χ1n) is 9.70. The van der Waals surface area contributed by atoms with Crippen molar-refractivity contribution in [3.05, 3.63) is 60.2 Å². The number of carbonyl (C=O) groups is 1. The first-order chi connectivity index (χ1) is 14.6. The number of rotatable bonds is 11. The normalized spacial score (nSPS) is 11.9. The highest BCUT2D eigenvalue weighted by molar-refractivity contribution is 7.84. The summed E-state index contributed by atoms with van der Waals surface area (Å²) >= 11 is 0. The smallest absolute Gasteiger partial charge is 0.224 e. The lowest BCUT2D eigenvalue weighted by atomic mass is 10.2. The predicted molar refractivity (Wildman–Crippen MR) is 116 cm³/mol. The standard InChI is InChI=1S/C21H25N5O3S/c1-29-13-14-30(28)16-17-7-5-10-19(15-17)22-20(27)11-6-12-26-24-21(23-25-26)18-8-3-2-4-9-18/h2-5,7-10,15H,6,11-14,16H2,1H3,(H,22,27). The Hall–Kier alpha value is -2.91. The zero-order valence-corrected chi connectivity index (χ0v) is 17.7. The second-order valence-electron chi connectivity index (χ2n) is 6.71. The van der Waals surface area contributed by atoms with Gasteiger partial charge in [-0.3, -0.25) is 9.00 Å². The van der Waals surface area contributed by atoms with Gasteiger partial charge in [0.05, 0.1) is 13.2 Å². The van der Waals surface area contributed by atoms with E-state index in [1.54, 1.807) is 7.11 Å². The van der Waals surface area contributed by atoms with Crippen molar-refractivity contribution in [3.8, 4) is 11.4 Å². The van der Waals surface area contributed by atoms with Crippen LogP contribution in [0, 0.1) is 0 Å². The number of hydrogen-bond donors (Lipinski definition) is 1. The highest BCUT2D eigenvalue weighted by Crippen LogP contribution is 2.14.